The number of methoxy groups -OCH3 is 1. The van der Waals surface area contributed by atoms with Crippen molar-refractivity contribution in [3.8, 4) is 16.9 Å². The molecule has 3 aromatic rings. The van der Waals surface area contributed by atoms with Crippen LogP contribution in [0.25, 0.3) is 21.9 Å². The van der Waals surface area contributed by atoms with Crippen LogP contribution in [0, 0.1) is 5.82 Å². The van der Waals surface area contributed by atoms with Gasteiger partial charge in [0.05, 0.1) is 25.0 Å². The topological polar surface area (TPSA) is 85.2 Å². The monoisotopic (exact) mass is 466 g/mol. The van der Waals surface area contributed by atoms with E-state index in [1.807, 2.05) is 6.08 Å². The molecule has 1 aliphatic heterocycles. The fourth-order valence-corrected chi connectivity index (χ4v) is 4.41. The van der Waals surface area contributed by atoms with E-state index in [1.165, 1.54) is 12.1 Å². The summed E-state index contributed by atoms with van der Waals surface area (Å²) in [6.45, 7) is 0.130. The molecule has 0 aromatic heterocycles. The molecular formula is C27H27FO6. The number of halogens is 1. The summed E-state index contributed by atoms with van der Waals surface area (Å²) in [7, 11) is 1.64. The molecule has 0 saturated carbocycles. The van der Waals surface area contributed by atoms with Gasteiger partial charge >= 0.3 is 5.97 Å². The van der Waals surface area contributed by atoms with Gasteiger partial charge in [0.2, 0.25) is 0 Å². The summed E-state index contributed by atoms with van der Waals surface area (Å²) >= 11 is 0. The standard InChI is InChI=1S/C27H27FO6/c1-32-27(11-4-5-14-34-27)12-6-13-33-19-9-10-20-18(15-19)16-22(26(30)31)23(17-29)25(20)21-7-2-3-8-24(21)28/h2-3,6-10,13,15-16,29H,4-5,11-12,14,17H2,1H3,(H,30,31). The Hall–Kier alpha value is -3.26. The number of hydrogen-bond acceptors (Lipinski definition) is 5. The highest BCUT2D eigenvalue weighted by molar-refractivity contribution is 6.05. The molecule has 0 bridgehead atoms. The number of carboxylic acids is 1. The lowest BCUT2D eigenvalue weighted by Gasteiger charge is -2.35. The second kappa shape index (κ2) is 10.3. The summed E-state index contributed by atoms with van der Waals surface area (Å²) in [5, 5.41) is 20.9. The number of carbonyl (C=O) groups is 1. The van der Waals surface area contributed by atoms with Crippen molar-refractivity contribution in [2.24, 2.45) is 0 Å². The van der Waals surface area contributed by atoms with E-state index in [0.29, 0.717) is 35.1 Å². The van der Waals surface area contributed by atoms with Gasteiger partial charge in [-0.25, -0.2) is 9.18 Å². The third kappa shape index (κ3) is 4.82. The maximum absolute atomic E-state index is 14.7. The van der Waals surface area contributed by atoms with E-state index in [4.69, 9.17) is 14.2 Å². The van der Waals surface area contributed by atoms with E-state index in [0.717, 1.165) is 19.3 Å². The minimum atomic E-state index is -1.20. The van der Waals surface area contributed by atoms with Crippen LogP contribution in [0.4, 0.5) is 4.39 Å². The van der Waals surface area contributed by atoms with Gasteiger partial charge in [0.15, 0.2) is 5.79 Å². The average molecular weight is 467 g/mol. The van der Waals surface area contributed by atoms with Crippen LogP contribution < -0.4 is 4.74 Å². The van der Waals surface area contributed by atoms with Crippen LogP contribution in [0.3, 0.4) is 0 Å². The van der Waals surface area contributed by atoms with Gasteiger partial charge < -0.3 is 24.4 Å². The molecule has 0 spiro atoms. The van der Waals surface area contributed by atoms with Crippen LogP contribution in [0.5, 0.6) is 5.75 Å². The molecule has 34 heavy (non-hydrogen) atoms. The number of aliphatic hydroxyl groups is 1. The Balaban J connectivity index is 1.68. The number of fused-ring (bicyclic) bond motifs is 1. The van der Waals surface area contributed by atoms with E-state index >= 15 is 0 Å². The predicted molar refractivity (Wildman–Crippen MR) is 126 cm³/mol. The third-order valence-corrected chi connectivity index (χ3v) is 6.17. The van der Waals surface area contributed by atoms with Gasteiger partial charge in [-0.3, -0.25) is 0 Å². The summed E-state index contributed by atoms with van der Waals surface area (Å²) in [5.74, 6) is -1.84. The van der Waals surface area contributed by atoms with Crippen LogP contribution in [0.2, 0.25) is 0 Å². The Morgan fingerprint density at radius 1 is 1.21 bits per heavy atom. The van der Waals surface area contributed by atoms with Crippen molar-refractivity contribution in [2.45, 2.75) is 38.1 Å². The Bertz CT molecular complexity index is 1210. The lowest BCUT2D eigenvalue weighted by Crippen LogP contribution is -2.37. The number of benzene rings is 3. The summed E-state index contributed by atoms with van der Waals surface area (Å²) in [6.07, 6.45) is 6.80. The zero-order chi connectivity index (χ0) is 24.1. The molecule has 1 fully saturated rings. The molecule has 2 N–H and O–H groups in total. The van der Waals surface area contributed by atoms with Crippen molar-refractivity contribution in [3.05, 3.63) is 77.8 Å². The van der Waals surface area contributed by atoms with Crippen LogP contribution in [0.1, 0.15) is 41.6 Å². The van der Waals surface area contributed by atoms with Crippen molar-refractivity contribution in [3.63, 3.8) is 0 Å². The summed E-state index contributed by atoms with van der Waals surface area (Å²) in [4.78, 5) is 11.9. The van der Waals surface area contributed by atoms with E-state index in [9.17, 15) is 19.4 Å². The Labute approximate surface area is 197 Å². The summed E-state index contributed by atoms with van der Waals surface area (Å²) in [6, 6.07) is 12.7. The largest absolute Gasteiger partial charge is 0.478 e. The molecule has 178 valence electrons. The first-order valence-corrected chi connectivity index (χ1v) is 11.2. The lowest BCUT2D eigenvalue weighted by molar-refractivity contribution is -0.239. The molecule has 7 heteroatoms. The number of aromatic carboxylic acids is 1. The summed E-state index contributed by atoms with van der Waals surface area (Å²) in [5.41, 5.74) is 0.660. The van der Waals surface area contributed by atoms with Gasteiger partial charge in [-0.1, -0.05) is 24.3 Å². The molecule has 1 aliphatic rings. The fraction of sp³-hybridized carbons (Fsp3) is 0.296. The molecule has 1 atom stereocenters. The Morgan fingerprint density at radius 2 is 2.03 bits per heavy atom. The van der Waals surface area contributed by atoms with Crippen molar-refractivity contribution < 1.29 is 33.6 Å². The molecule has 4 rings (SSSR count). The smallest absolute Gasteiger partial charge is 0.336 e. The first-order chi connectivity index (χ1) is 16.5. The van der Waals surface area contributed by atoms with Gasteiger partial charge in [0, 0.05) is 31.1 Å². The molecule has 0 amide bonds. The number of rotatable bonds is 8. The first kappa shape index (κ1) is 23.9. The van der Waals surface area contributed by atoms with Crippen LogP contribution in [-0.2, 0) is 16.1 Å². The van der Waals surface area contributed by atoms with E-state index in [-0.39, 0.29) is 16.7 Å². The number of carboxylic acid groups (broad SMARTS) is 1. The van der Waals surface area contributed by atoms with Crippen molar-refractivity contribution >= 4 is 16.7 Å². The number of aliphatic hydroxyl groups excluding tert-OH is 1. The normalized spacial score (nSPS) is 18.4. The molecular weight excluding hydrogens is 439 g/mol. The highest BCUT2D eigenvalue weighted by Gasteiger charge is 2.31. The minimum absolute atomic E-state index is 0.0857. The van der Waals surface area contributed by atoms with Crippen molar-refractivity contribution in [2.75, 3.05) is 13.7 Å². The van der Waals surface area contributed by atoms with Crippen LogP contribution in [0.15, 0.2) is 60.9 Å². The Morgan fingerprint density at radius 3 is 2.71 bits per heavy atom. The van der Waals surface area contributed by atoms with Gasteiger partial charge in [-0.15, -0.1) is 0 Å². The molecule has 1 unspecified atom stereocenters. The fourth-order valence-electron chi connectivity index (χ4n) is 4.41. The van der Waals surface area contributed by atoms with Crippen LogP contribution in [-0.4, -0.2) is 35.7 Å². The van der Waals surface area contributed by atoms with Gasteiger partial charge in [0.1, 0.15) is 11.6 Å². The first-order valence-electron chi connectivity index (χ1n) is 11.2. The molecule has 1 saturated heterocycles. The number of ether oxygens (including phenoxy) is 3. The lowest BCUT2D eigenvalue weighted by atomic mass is 9.89. The van der Waals surface area contributed by atoms with Gasteiger partial charge in [-0.05, 0) is 59.5 Å². The molecule has 6 nitrogen and oxygen atoms in total. The Kier molecular flexibility index (Phi) is 7.26. The second-order valence-corrected chi connectivity index (χ2v) is 8.22. The van der Waals surface area contributed by atoms with Gasteiger partial charge in [0.25, 0.3) is 0 Å². The van der Waals surface area contributed by atoms with Crippen LogP contribution >= 0.6 is 0 Å². The van der Waals surface area contributed by atoms with E-state index in [2.05, 4.69) is 0 Å². The maximum Gasteiger partial charge on any atom is 0.336 e. The molecule has 0 aliphatic carbocycles. The molecule has 1 heterocycles. The predicted octanol–water partition coefficient (Wildman–Crippen LogP) is 5.66. The highest BCUT2D eigenvalue weighted by Crippen LogP contribution is 2.38. The zero-order valence-corrected chi connectivity index (χ0v) is 18.9. The highest BCUT2D eigenvalue weighted by atomic mass is 19.1. The molecule has 0 radical (unpaired) electrons. The van der Waals surface area contributed by atoms with Gasteiger partial charge in [-0.2, -0.15) is 0 Å². The average Bonchev–Trinajstić information content (AvgIpc) is 2.86. The third-order valence-electron chi connectivity index (χ3n) is 6.17. The molecule has 3 aromatic carbocycles. The maximum atomic E-state index is 14.7. The zero-order valence-electron chi connectivity index (χ0n) is 18.9. The van der Waals surface area contributed by atoms with E-state index < -0.39 is 24.2 Å². The second-order valence-electron chi connectivity index (χ2n) is 8.22. The summed E-state index contributed by atoms with van der Waals surface area (Å²) < 4.78 is 31.8. The van der Waals surface area contributed by atoms with Crippen molar-refractivity contribution in [1.82, 2.24) is 0 Å². The quantitative estimate of drug-likeness (QED) is 0.417. The van der Waals surface area contributed by atoms with E-state index in [1.54, 1.807) is 49.8 Å². The SMILES string of the molecule is COC1(CC=COc2ccc3c(-c4ccccc4F)c(CO)c(C(=O)O)cc3c2)CCCCO1. The van der Waals surface area contributed by atoms with Crippen molar-refractivity contribution in [1.29, 1.82) is 0 Å². The number of hydrogen-bond donors (Lipinski definition) is 2. The minimum Gasteiger partial charge on any atom is -0.478 e.